The van der Waals surface area contributed by atoms with E-state index in [4.69, 9.17) is 0 Å². The fourth-order valence-electron chi connectivity index (χ4n) is 2.73. The van der Waals surface area contributed by atoms with Crippen LogP contribution >= 0.6 is 11.3 Å². The zero-order valence-corrected chi connectivity index (χ0v) is 15.5. The second-order valence-corrected chi connectivity index (χ2v) is 6.81. The first-order chi connectivity index (χ1) is 13.7. The lowest BCUT2D eigenvalue weighted by Gasteiger charge is -2.05. The number of thiophene rings is 1. The maximum atomic E-state index is 12.9. The van der Waals surface area contributed by atoms with E-state index in [9.17, 15) is 9.59 Å². The molecule has 3 aromatic heterocycles. The number of hydrazone groups is 1. The standard InChI is InChI=1S/C20H15N5O2S/c26-17(24-23-10-14-5-4-8-21-9-14)11-25-13-22-19-18(20(25)27)16(12-28-19)15-6-2-1-3-7-15/h1-10,12-13H,11H2,(H,24,26)/b23-10+. The van der Waals surface area contributed by atoms with Crippen LogP contribution in [-0.4, -0.2) is 26.7 Å². The van der Waals surface area contributed by atoms with Crippen molar-refractivity contribution in [1.82, 2.24) is 20.0 Å². The van der Waals surface area contributed by atoms with Gasteiger partial charge in [-0.2, -0.15) is 5.10 Å². The number of amides is 1. The van der Waals surface area contributed by atoms with Crippen LogP contribution in [0.1, 0.15) is 5.56 Å². The number of hydrogen-bond acceptors (Lipinski definition) is 6. The van der Waals surface area contributed by atoms with E-state index >= 15 is 0 Å². The van der Waals surface area contributed by atoms with Gasteiger partial charge in [-0.3, -0.25) is 19.1 Å². The molecule has 0 bridgehead atoms. The Kier molecular flexibility index (Phi) is 5.03. The van der Waals surface area contributed by atoms with Crippen molar-refractivity contribution >= 4 is 33.7 Å². The molecule has 0 aliphatic carbocycles. The number of carbonyl (C=O) groups is 1. The Bertz CT molecular complexity index is 1200. The van der Waals surface area contributed by atoms with Gasteiger partial charge in [-0.15, -0.1) is 11.3 Å². The number of benzene rings is 1. The Balaban J connectivity index is 1.56. The van der Waals surface area contributed by atoms with Crippen molar-refractivity contribution < 1.29 is 4.79 Å². The Morgan fingerprint density at radius 1 is 1.21 bits per heavy atom. The molecule has 0 saturated carbocycles. The molecule has 0 saturated heterocycles. The molecule has 0 aliphatic heterocycles. The third kappa shape index (κ3) is 3.72. The molecule has 28 heavy (non-hydrogen) atoms. The molecular formula is C20H15N5O2S. The van der Waals surface area contributed by atoms with Crippen LogP contribution in [0.5, 0.6) is 0 Å². The topological polar surface area (TPSA) is 89.2 Å². The maximum Gasteiger partial charge on any atom is 0.263 e. The van der Waals surface area contributed by atoms with Gasteiger partial charge in [0.2, 0.25) is 0 Å². The number of pyridine rings is 1. The van der Waals surface area contributed by atoms with E-state index in [-0.39, 0.29) is 12.1 Å². The van der Waals surface area contributed by atoms with Crippen LogP contribution in [0, 0.1) is 0 Å². The molecule has 1 N–H and O–H groups in total. The summed E-state index contributed by atoms with van der Waals surface area (Å²) in [5.74, 6) is -0.417. The SMILES string of the molecule is O=C(Cn1cnc2scc(-c3ccccc3)c2c1=O)N/N=C/c1cccnc1. The van der Waals surface area contributed by atoms with E-state index in [1.165, 1.54) is 28.4 Å². The summed E-state index contributed by atoms with van der Waals surface area (Å²) in [6.45, 7) is -0.170. The number of nitrogens with one attached hydrogen (secondary N) is 1. The summed E-state index contributed by atoms with van der Waals surface area (Å²) in [5.41, 5.74) is 4.68. The van der Waals surface area contributed by atoms with Gasteiger partial charge in [0.05, 0.1) is 17.9 Å². The van der Waals surface area contributed by atoms with E-state index in [2.05, 4.69) is 20.5 Å². The first-order valence-corrected chi connectivity index (χ1v) is 9.34. The molecule has 0 unspecified atom stereocenters. The first-order valence-electron chi connectivity index (χ1n) is 8.46. The van der Waals surface area contributed by atoms with Crippen LogP contribution in [0.4, 0.5) is 0 Å². The van der Waals surface area contributed by atoms with Crippen LogP contribution in [-0.2, 0) is 11.3 Å². The highest BCUT2D eigenvalue weighted by atomic mass is 32.1. The van der Waals surface area contributed by atoms with Crippen molar-refractivity contribution in [2.75, 3.05) is 0 Å². The maximum absolute atomic E-state index is 12.9. The number of carbonyl (C=O) groups excluding carboxylic acids is 1. The van der Waals surface area contributed by atoms with Gasteiger partial charge in [0, 0.05) is 28.9 Å². The fraction of sp³-hybridized carbons (Fsp3) is 0.0500. The number of fused-ring (bicyclic) bond motifs is 1. The Morgan fingerprint density at radius 2 is 2.07 bits per heavy atom. The van der Waals surface area contributed by atoms with Crippen molar-refractivity contribution in [2.45, 2.75) is 6.54 Å². The molecule has 7 nitrogen and oxygen atoms in total. The first kappa shape index (κ1) is 17.7. The molecule has 0 radical (unpaired) electrons. The van der Waals surface area contributed by atoms with Gasteiger partial charge in [-0.05, 0) is 11.6 Å². The summed E-state index contributed by atoms with van der Waals surface area (Å²) in [5, 5.41) is 6.32. The number of rotatable bonds is 5. The lowest BCUT2D eigenvalue weighted by Crippen LogP contribution is -2.30. The van der Waals surface area contributed by atoms with Crippen molar-refractivity contribution in [3.8, 4) is 11.1 Å². The molecule has 4 rings (SSSR count). The average Bonchev–Trinajstić information content (AvgIpc) is 3.16. The van der Waals surface area contributed by atoms with Gasteiger partial charge >= 0.3 is 0 Å². The van der Waals surface area contributed by atoms with Crippen LogP contribution < -0.4 is 11.0 Å². The predicted octanol–water partition coefficient (Wildman–Crippen LogP) is 2.67. The summed E-state index contributed by atoms with van der Waals surface area (Å²) in [6.07, 6.45) is 6.15. The second kappa shape index (κ2) is 7.93. The van der Waals surface area contributed by atoms with Gasteiger partial charge in [0.25, 0.3) is 11.5 Å². The minimum Gasteiger partial charge on any atom is -0.289 e. The van der Waals surface area contributed by atoms with E-state index < -0.39 is 5.91 Å². The van der Waals surface area contributed by atoms with E-state index in [0.29, 0.717) is 10.2 Å². The zero-order valence-electron chi connectivity index (χ0n) is 14.6. The third-order valence-electron chi connectivity index (χ3n) is 4.05. The molecule has 138 valence electrons. The highest BCUT2D eigenvalue weighted by Gasteiger charge is 2.14. The Hall–Kier alpha value is -3.65. The van der Waals surface area contributed by atoms with E-state index in [1.54, 1.807) is 18.5 Å². The lowest BCUT2D eigenvalue weighted by molar-refractivity contribution is -0.121. The van der Waals surface area contributed by atoms with Crippen LogP contribution in [0.25, 0.3) is 21.3 Å². The third-order valence-corrected chi connectivity index (χ3v) is 4.93. The van der Waals surface area contributed by atoms with Crippen LogP contribution in [0.3, 0.4) is 0 Å². The molecule has 1 amide bonds. The quantitative estimate of drug-likeness (QED) is 0.420. The molecule has 3 heterocycles. The molecule has 0 fully saturated rings. The van der Waals surface area contributed by atoms with E-state index in [1.807, 2.05) is 41.8 Å². The molecular weight excluding hydrogens is 374 g/mol. The molecule has 8 heteroatoms. The largest absolute Gasteiger partial charge is 0.289 e. The van der Waals surface area contributed by atoms with Gasteiger partial charge in [0.15, 0.2) is 0 Å². The number of hydrogen-bond donors (Lipinski definition) is 1. The van der Waals surface area contributed by atoms with E-state index in [0.717, 1.165) is 16.7 Å². The molecule has 0 spiro atoms. The Morgan fingerprint density at radius 3 is 2.86 bits per heavy atom. The summed E-state index contributed by atoms with van der Waals surface area (Å²) >= 11 is 1.41. The lowest BCUT2D eigenvalue weighted by atomic mass is 10.1. The van der Waals surface area contributed by atoms with Gasteiger partial charge in [-0.1, -0.05) is 36.4 Å². The molecule has 1 aromatic carbocycles. The number of nitrogens with zero attached hydrogens (tertiary/aromatic N) is 4. The van der Waals surface area contributed by atoms with Crippen molar-refractivity contribution in [3.05, 3.63) is 82.5 Å². The molecule has 4 aromatic rings. The average molecular weight is 389 g/mol. The van der Waals surface area contributed by atoms with Gasteiger partial charge in [0.1, 0.15) is 11.4 Å². The van der Waals surface area contributed by atoms with Crippen molar-refractivity contribution in [3.63, 3.8) is 0 Å². The summed E-state index contributed by atoms with van der Waals surface area (Å²) < 4.78 is 1.29. The van der Waals surface area contributed by atoms with Gasteiger partial charge in [-0.25, -0.2) is 10.4 Å². The predicted molar refractivity (Wildman–Crippen MR) is 109 cm³/mol. The van der Waals surface area contributed by atoms with Crippen molar-refractivity contribution in [2.24, 2.45) is 5.10 Å². The minimum absolute atomic E-state index is 0.170. The van der Waals surface area contributed by atoms with Gasteiger partial charge < -0.3 is 0 Å². The fourth-order valence-corrected chi connectivity index (χ4v) is 3.64. The monoisotopic (exact) mass is 389 g/mol. The van der Waals surface area contributed by atoms with Crippen LogP contribution in [0.2, 0.25) is 0 Å². The molecule has 0 atom stereocenters. The molecule has 0 aliphatic rings. The highest BCUT2D eigenvalue weighted by Crippen LogP contribution is 2.30. The summed E-state index contributed by atoms with van der Waals surface area (Å²) in [4.78, 5) is 34.0. The zero-order chi connectivity index (χ0) is 19.3. The minimum atomic E-state index is -0.417. The van der Waals surface area contributed by atoms with Crippen molar-refractivity contribution in [1.29, 1.82) is 0 Å². The smallest absolute Gasteiger partial charge is 0.263 e. The number of aromatic nitrogens is 3. The second-order valence-electron chi connectivity index (χ2n) is 5.95. The summed E-state index contributed by atoms with van der Waals surface area (Å²) in [6, 6.07) is 13.2. The normalized spacial score (nSPS) is 11.1. The van der Waals surface area contributed by atoms with Crippen LogP contribution in [0.15, 0.2) is 76.5 Å². The highest BCUT2D eigenvalue weighted by molar-refractivity contribution is 7.17. The Labute approximate surface area is 164 Å². The summed E-state index contributed by atoms with van der Waals surface area (Å²) in [7, 11) is 0.